The summed E-state index contributed by atoms with van der Waals surface area (Å²) in [5.74, 6) is -2.71. The summed E-state index contributed by atoms with van der Waals surface area (Å²) < 4.78 is 0. The third-order valence-corrected chi connectivity index (χ3v) is 2.72. The van der Waals surface area contributed by atoms with Gasteiger partial charge in [0.2, 0.25) is 0 Å². The van der Waals surface area contributed by atoms with Crippen molar-refractivity contribution >= 4 is 34.4 Å². The number of carboxylic acids is 2. The highest BCUT2D eigenvalue weighted by molar-refractivity contribution is 6.31. The molecule has 1 aromatic heterocycles. The van der Waals surface area contributed by atoms with Crippen molar-refractivity contribution in [3.05, 3.63) is 40.0 Å². The van der Waals surface area contributed by atoms with Gasteiger partial charge in [0.05, 0.1) is 11.1 Å². The van der Waals surface area contributed by atoms with Gasteiger partial charge in [-0.05, 0) is 30.7 Å². The number of hydrogen-bond donors (Lipinski definition) is 2. The number of nitrogens with zero attached hydrogens (tertiary/aromatic N) is 1. The third-order valence-electron chi connectivity index (χ3n) is 2.51. The van der Waals surface area contributed by atoms with Crippen molar-refractivity contribution in [3.8, 4) is 0 Å². The molecule has 0 aliphatic rings. The molecule has 2 rings (SSSR count). The lowest BCUT2D eigenvalue weighted by molar-refractivity contribution is 0.0647. The predicted octanol–water partition coefficient (Wildman–Crippen LogP) is 2.59. The van der Waals surface area contributed by atoms with Gasteiger partial charge >= 0.3 is 11.9 Å². The lowest BCUT2D eigenvalue weighted by Gasteiger charge is -2.06. The Hall–Kier alpha value is -2.14. The average Bonchev–Trinajstić information content (AvgIpc) is 2.26. The number of hydrogen-bond acceptors (Lipinski definition) is 3. The summed E-state index contributed by atoms with van der Waals surface area (Å²) in [6.45, 7) is 1.73. The molecule has 0 unspecified atom stereocenters. The number of rotatable bonds is 2. The van der Waals surface area contributed by atoms with Gasteiger partial charge in [0, 0.05) is 10.4 Å². The summed E-state index contributed by atoms with van der Waals surface area (Å²) in [6, 6.07) is 4.46. The molecule has 2 N–H and O–H groups in total. The van der Waals surface area contributed by atoms with E-state index >= 15 is 0 Å². The summed E-state index contributed by atoms with van der Waals surface area (Å²) in [5.41, 5.74) is 0.302. The van der Waals surface area contributed by atoms with E-state index in [0.717, 1.165) is 0 Å². The van der Waals surface area contributed by atoms with Crippen LogP contribution in [0.15, 0.2) is 18.2 Å². The second-order valence-corrected chi connectivity index (χ2v) is 4.23. The van der Waals surface area contributed by atoms with Crippen LogP contribution in [0.25, 0.3) is 10.9 Å². The van der Waals surface area contributed by atoms with Crippen LogP contribution in [0.3, 0.4) is 0 Å². The Labute approximate surface area is 107 Å². The fourth-order valence-corrected chi connectivity index (χ4v) is 2.03. The zero-order valence-corrected chi connectivity index (χ0v) is 10.0. The van der Waals surface area contributed by atoms with E-state index in [1.165, 1.54) is 6.07 Å². The maximum Gasteiger partial charge on any atom is 0.355 e. The summed E-state index contributed by atoms with van der Waals surface area (Å²) in [7, 11) is 0. The fourth-order valence-electron chi connectivity index (χ4n) is 1.75. The molecule has 0 saturated carbocycles. The Morgan fingerprint density at radius 2 is 1.83 bits per heavy atom. The highest BCUT2D eigenvalue weighted by Crippen LogP contribution is 2.24. The van der Waals surface area contributed by atoms with Gasteiger partial charge in [0.25, 0.3) is 0 Å². The molecule has 1 heterocycles. The number of pyridine rings is 1. The van der Waals surface area contributed by atoms with Crippen LogP contribution in [0.1, 0.15) is 26.4 Å². The Balaban J connectivity index is 2.89. The van der Waals surface area contributed by atoms with E-state index in [0.29, 0.717) is 21.5 Å². The SMILES string of the molecule is Cc1cc(Cl)cc2cc(C(=O)O)c(C(=O)O)nc12. The predicted molar refractivity (Wildman–Crippen MR) is 65.4 cm³/mol. The third kappa shape index (κ3) is 2.00. The van der Waals surface area contributed by atoms with Crippen LogP contribution in [0.2, 0.25) is 5.02 Å². The maximum atomic E-state index is 11.0. The summed E-state index contributed by atoms with van der Waals surface area (Å²) in [5, 5.41) is 18.9. The van der Waals surface area contributed by atoms with E-state index in [-0.39, 0.29) is 5.56 Å². The van der Waals surface area contributed by atoms with Crippen molar-refractivity contribution in [2.45, 2.75) is 6.92 Å². The second kappa shape index (κ2) is 4.27. The number of aromatic carboxylic acids is 2. The van der Waals surface area contributed by atoms with Gasteiger partial charge in [0.1, 0.15) is 0 Å². The van der Waals surface area contributed by atoms with Crippen molar-refractivity contribution in [2.75, 3.05) is 0 Å². The highest BCUT2D eigenvalue weighted by atomic mass is 35.5. The maximum absolute atomic E-state index is 11.0. The number of aromatic nitrogens is 1. The average molecular weight is 266 g/mol. The minimum atomic E-state index is -1.37. The van der Waals surface area contributed by atoms with Gasteiger partial charge in [-0.3, -0.25) is 0 Å². The molecule has 0 spiro atoms. The molecule has 5 nitrogen and oxygen atoms in total. The Morgan fingerprint density at radius 1 is 1.17 bits per heavy atom. The number of benzene rings is 1. The molecule has 0 fully saturated rings. The highest BCUT2D eigenvalue weighted by Gasteiger charge is 2.19. The van der Waals surface area contributed by atoms with Crippen LogP contribution >= 0.6 is 11.6 Å². The van der Waals surface area contributed by atoms with Crippen molar-refractivity contribution < 1.29 is 19.8 Å². The van der Waals surface area contributed by atoms with Crippen LogP contribution in [0.4, 0.5) is 0 Å². The van der Waals surface area contributed by atoms with E-state index < -0.39 is 17.6 Å². The number of halogens is 1. The van der Waals surface area contributed by atoms with E-state index in [2.05, 4.69) is 4.98 Å². The van der Waals surface area contributed by atoms with Gasteiger partial charge in [-0.1, -0.05) is 11.6 Å². The molecule has 0 amide bonds. The van der Waals surface area contributed by atoms with Gasteiger partial charge in [-0.15, -0.1) is 0 Å². The molecule has 2 aromatic rings. The minimum absolute atomic E-state index is 0.350. The van der Waals surface area contributed by atoms with E-state index in [1.54, 1.807) is 19.1 Å². The molecule has 0 saturated heterocycles. The Bertz CT molecular complexity index is 681. The quantitative estimate of drug-likeness (QED) is 0.871. The van der Waals surface area contributed by atoms with Crippen molar-refractivity contribution in [1.29, 1.82) is 0 Å². The normalized spacial score (nSPS) is 10.6. The molecule has 0 atom stereocenters. The smallest absolute Gasteiger partial charge is 0.355 e. The van der Waals surface area contributed by atoms with Crippen LogP contribution in [0, 0.1) is 6.92 Å². The molecule has 18 heavy (non-hydrogen) atoms. The lowest BCUT2D eigenvalue weighted by Crippen LogP contribution is -2.11. The summed E-state index contributed by atoms with van der Waals surface area (Å²) in [4.78, 5) is 25.9. The largest absolute Gasteiger partial charge is 0.478 e. The van der Waals surface area contributed by atoms with E-state index in [1.807, 2.05) is 0 Å². The summed E-state index contributed by atoms with van der Waals surface area (Å²) in [6.07, 6.45) is 0. The van der Waals surface area contributed by atoms with Crippen molar-refractivity contribution in [1.82, 2.24) is 4.98 Å². The van der Waals surface area contributed by atoms with Gasteiger partial charge in [0.15, 0.2) is 5.69 Å². The van der Waals surface area contributed by atoms with Crippen molar-refractivity contribution in [3.63, 3.8) is 0 Å². The molecule has 1 aromatic carbocycles. The molecule has 0 radical (unpaired) electrons. The number of carboxylic acid groups (broad SMARTS) is 2. The molecular weight excluding hydrogens is 258 g/mol. The second-order valence-electron chi connectivity index (χ2n) is 3.79. The summed E-state index contributed by atoms with van der Waals surface area (Å²) >= 11 is 5.87. The molecule has 6 heteroatoms. The molecule has 0 aliphatic heterocycles. The molecule has 92 valence electrons. The first-order chi connectivity index (χ1) is 8.40. The number of aryl methyl sites for hydroxylation is 1. The van der Waals surface area contributed by atoms with Crippen LogP contribution in [-0.4, -0.2) is 27.1 Å². The minimum Gasteiger partial charge on any atom is -0.478 e. The standard InChI is InChI=1S/C12H8ClNO4/c1-5-2-7(13)3-6-4-8(11(15)16)10(12(17)18)14-9(5)6/h2-4H,1H3,(H,15,16)(H,17,18). The first-order valence-corrected chi connectivity index (χ1v) is 5.35. The zero-order chi connectivity index (χ0) is 13.4. The zero-order valence-electron chi connectivity index (χ0n) is 9.27. The number of fused-ring (bicyclic) bond motifs is 1. The van der Waals surface area contributed by atoms with E-state index in [9.17, 15) is 9.59 Å². The Morgan fingerprint density at radius 3 is 2.39 bits per heavy atom. The monoisotopic (exact) mass is 265 g/mol. The van der Waals surface area contributed by atoms with E-state index in [4.69, 9.17) is 21.8 Å². The Kier molecular flexibility index (Phi) is 2.92. The van der Waals surface area contributed by atoms with Gasteiger partial charge in [-0.25, -0.2) is 14.6 Å². The van der Waals surface area contributed by atoms with Gasteiger partial charge < -0.3 is 10.2 Å². The van der Waals surface area contributed by atoms with Crippen molar-refractivity contribution in [2.24, 2.45) is 0 Å². The topological polar surface area (TPSA) is 87.5 Å². The van der Waals surface area contributed by atoms with Crippen LogP contribution in [-0.2, 0) is 0 Å². The first kappa shape index (κ1) is 12.3. The molecular formula is C12H8ClNO4. The number of carbonyl (C=O) groups is 2. The fraction of sp³-hybridized carbons (Fsp3) is 0.0833. The van der Waals surface area contributed by atoms with Crippen LogP contribution in [0.5, 0.6) is 0 Å². The first-order valence-electron chi connectivity index (χ1n) is 4.97. The van der Waals surface area contributed by atoms with Crippen LogP contribution < -0.4 is 0 Å². The molecule has 0 aliphatic carbocycles. The van der Waals surface area contributed by atoms with Gasteiger partial charge in [-0.2, -0.15) is 0 Å². The molecule has 0 bridgehead atoms. The lowest BCUT2D eigenvalue weighted by atomic mass is 10.1.